The minimum atomic E-state index is 0.547. The number of nitrogens with one attached hydrogen (secondary N) is 1. The molecule has 1 aromatic carbocycles. The van der Waals surface area contributed by atoms with Gasteiger partial charge < -0.3 is 15.0 Å². The smallest absolute Gasteiger partial charge is 0.0472 e. The number of para-hydroxylation sites is 1. The Balaban J connectivity index is 1.70. The lowest BCUT2D eigenvalue weighted by molar-refractivity contribution is -0.000243. The van der Waals surface area contributed by atoms with Crippen LogP contribution in [0.15, 0.2) is 24.3 Å². The molecule has 2 aliphatic rings. The van der Waals surface area contributed by atoms with Gasteiger partial charge in [0.1, 0.15) is 0 Å². The molecule has 1 N–H and O–H groups in total. The Morgan fingerprint density at radius 2 is 1.94 bits per heavy atom. The topological polar surface area (TPSA) is 24.5 Å². The van der Waals surface area contributed by atoms with Crippen molar-refractivity contribution < 1.29 is 4.74 Å². The average molecular weight is 246 g/mol. The van der Waals surface area contributed by atoms with Crippen LogP contribution in [0.4, 0.5) is 5.69 Å². The highest BCUT2D eigenvalue weighted by molar-refractivity contribution is 5.56. The largest absolute Gasteiger partial charge is 0.381 e. The fraction of sp³-hybridized carbons (Fsp3) is 0.600. The van der Waals surface area contributed by atoms with Crippen LogP contribution in [-0.2, 0) is 11.3 Å². The molecule has 0 aromatic heterocycles. The van der Waals surface area contributed by atoms with Gasteiger partial charge >= 0.3 is 0 Å². The van der Waals surface area contributed by atoms with Crippen LogP contribution in [0.25, 0.3) is 0 Å². The molecule has 0 amide bonds. The molecule has 18 heavy (non-hydrogen) atoms. The second-order valence-electron chi connectivity index (χ2n) is 5.63. The number of rotatable bonds is 3. The van der Waals surface area contributed by atoms with E-state index < -0.39 is 0 Å². The highest BCUT2D eigenvalue weighted by Gasteiger charge is 2.44. The van der Waals surface area contributed by atoms with E-state index in [2.05, 4.69) is 34.5 Å². The van der Waals surface area contributed by atoms with E-state index in [1.165, 1.54) is 37.2 Å². The van der Waals surface area contributed by atoms with Gasteiger partial charge in [0.2, 0.25) is 0 Å². The van der Waals surface area contributed by atoms with Gasteiger partial charge in [-0.05, 0) is 31.5 Å². The molecule has 98 valence electrons. The van der Waals surface area contributed by atoms with Gasteiger partial charge in [0.05, 0.1) is 0 Å². The molecule has 0 aliphatic carbocycles. The van der Waals surface area contributed by atoms with Crippen LogP contribution in [-0.4, -0.2) is 33.4 Å². The summed E-state index contributed by atoms with van der Waals surface area (Å²) in [6, 6.07) is 8.74. The second-order valence-corrected chi connectivity index (χ2v) is 5.63. The normalized spacial score (nSPS) is 21.9. The molecule has 1 aromatic rings. The Hall–Kier alpha value is -1.06. The number of ether oxygens (including phenoxy) is 1. The summed E-state index contributed by atoms with van der Waals surface area (Å²) < 4.78 is 5.48. The summed E-state index contributed by atoms with van der Waals surface area (Å²) in [5, 5.41) is 3.25. The molecule has 0 atom stereocenters. The van der Waals surface area contributed by atoms with E-state index >= 15 is 0 Å². The second kappa shape index (κ2) is 4.90. The lowest BCUT2D eigenvalue weighted by Crippen LogP contribution is -2.58. The molecule has 2 saturated heterocycles. The van der Waals surface area contributed by atoms with Crippen LogP contribution in [0.2, 0.25) is 0 Å². The first kappa shape index (κ1) is 12.0. The standard InChI is InChI=1S/C15H22N2O/c1-16-10-13-4-2-3-5-14(13)17-11-15(12-17)6-8-18-9-7-15/h2-5,16H,6-12H2,1H3. The highest BCUT2D eigenvalue weighted by atomic mass is 16.5. The van der Waals surface area contributed by atoms with Crippen LogP contribution < -0.4 is 10.2 Å². The Labute approximate surface area is 109 Å². The minimum absolute atomic E-state index is 0.547. The van der Waals surface area contributed by atoms with Crippen molar-refractivity contribution in [2.45, 2.75) is 19.4 Å². The van der Waals surface area contributed by atoms with E-state index in [1.54, 1.807) is 0 Å². The lowest BCUT2D eigenvalue weighted by atomic mass is 9.73. The molecule has 1 spiro atoms. The van der Waals surface area contributed by atoms with Crippen molar-refractivity contribution in [1.82, 2.24) is 5.32 Å². The maximum Gasteiger partial charge on any atom is 0.0472 e. The molecule has 0 unspecified atom stereocenters. The first-order valence-electron chi connectivity index (χ1n) is 6.88. The van der Waals surface area contributed by atoms with Gasteiger partial charge in [-0.2, -0.15) is 0 Å². The van der Waals surface area contributed by atoms with Crippen LogP contribution >= 0.6 is 0 Å². The molecule has 0 saturated carbocycles. The minimum Gasteiger partial charge on any atom is -0.381 e. The van der Waals surface area contributed by atoms with Crippen LogP contribution in [0.3, 0.4) is 0 Å². The van der Waals surface area contributed by atoms with Crippen LogP contribution in [0.1, 0.15) is 18.4 Å². The van der Waals surface area contributed by atoms with Gasteiger partial charge in [-0.3, -0.25) is 0 Å². The van der Waals surface area contributed by atoms with Crippen molar-refractivity contribution in [1.29, 1.82) is 0 Å². The van der Waals surface area contributed by atoms with Crippen LogP contribution in [0.5, 0.6) is 0 Å². The maximum absolute atomic E-state index is 5.48. The van der Waals surface area contributed by atoms with Gasteiger partial charge in [-0.1, -0.05) is 18.2 Å². The predicted octanol–water partition coefficient (Wildman–Crippen LogP) is 2.02. The number of nitrogens with zero attached hydrogens (tertiary/aromatic N) is 1. The van der Waals surface area contributed by atoms with Crippen LogP contribution in [0, 0.1) is 5.41 Å². The van der Waals surface area contributed by atoms with Crippen molar-refractivity contribution in [3.63, 3.8) is 0 Å². The van der Waals surface area contributed by atoms with E-state index in [4.69, 9.17) is 4.74 Å². The summed E-state index contributed by atoms with van der Waals surface area (Å²) in [6.45, 7) is 5.26. The zero-order valence-electron chi connectivity index (χ0n) is 11.1. The average Bonchev–Trinajstić information content (AvgIpc) is 2.38. The summed E-state index contributed by atoms with van der Waals surface area (Å²) in [5.41, 5.74) is 3.36. The number of benzene rings is 1. The van der Waals surface area contributed by atoms with Crippen molar-refractivity contribution in [2.75, 3.05) is 38.3 Å². The zero-order valence-corrected chi connectivity index (χ0v) is 11.1. The van der Waals surface area contributed by atoms with E-state index in [0.29, 0.717) is 5.41 Å². The quantitative estimate of drug-likeness (QED) is 0.883. The molecular weight excluding hydrogens is 224 g/mol. The van der Waals surface area contributed by atoms with E-state index in [9.17, 15) is 0 Å². The molecule has 0 radical (unpaired) electrons. The fourth-order valence-electron chi connectivity index (χ4n) is 3.21. The third-order valence-corrected chi connectivity index (χ3v) is 4.31. The first-order chi connectivity index (χ1) is 8.83. The van der Waals surface area contributed by atoms with Gasteiger partial charge in [0.15, 0.2) is 0 Å². The van der Waals surface area contributed by atoms with Gasteiger partial charge in [-0.25, -0.2) is 0 Å². The van der Waals surface area contributed by atoms with Crippen molar-refractivity contribution >= 4 is 5.69 Å². The maximum atomic E-state index is 5.48. The Morgan fingerprint density at radius 1 is 1.22 bits per heavy atom. The Morgan fingerprint density at radius 3 is 2.67 bits per heavy atom. The Kier molecular flexibility index (Phi) is 3.27. The SMILES string of the molecule is CNCc1ccccc1N1CC2(CCOCC2)C1. The third-order valence-electron chi connectivity index (χ3n) is 4.31. The van der Waals surface area contributed by atoms with E-state index in [1.807, 2.05) is 7.05 Å². The van der Waals surface area contributed by atoms with Crippen molar-refractivity contribution in [3.05, 3.63) is 29.8 Å². The molecule has 2 heterocycles. The molecule has 0 bridgehead atoms. The Bertz CT molecular complexity index is 405. The zero-order chi connectivity index (χ0) is 12.4. The molecule has 2 fully saturated rings. The molecule has 3 heteroatoms. The van der Waals surface area contributed by atoms with E-state index in [0.717, 1.165) is 19.8 Å². The molecular formula is C15H22N2O. The summed E-state index contributed by atoms with van der Waals surface area (Å²) >= 11 is 0. The van der Waals surface area contributed by atoms with Gasteiger partial charge in [0.25, 0.3) is 0 Å². The van der Waals surface area contributed by atoms with E-state index in [-0.39, 0.29) is 0 Å². The summed E-state index contributed by atoms with van der Waals surface area (Å²) in [4.78, 5) is 2.53. The number of anilines is 1. The number of hydrogen-bond acceptors (Lipinski definition) is 3. The third kappa shape index (κ3) is 2.13. The molecule has 3 rings (SSSR count). The predicted molar refractivity (Wildman–Crippen MR) is 73.9 cm³/mol. The fourth-order valence-corrected chi connectivity index (χ4v) is 3.21. The summed E-state index contributed by atoms with van der Waals surface area (Å²) in [7, 11) is 2.01. The molecule has 2 aliphatic heterocycles. The summed E-state index contributed by atoms with van der Waals surface area (Å²) in [6.07, 6.45) is 2.47. The summed E-state index contributed by atoms with van der Waals surface area (Å²) in [5.74, 6) is 0. The van der Waals surface area contributed by atoms with Gasteiger partial charge in [-0.15, -0.1) is 0 Å². The van der Waals surface area contributed by atoms with Crippen molar-refractivity contribution in [2.24, 2.45) is 5.41 Å². The highest BCUT2D eigenvalue weighted by Crippen LogP contribution is 2.42. The monoisotopic (exact) mass is 246 g/mol. The molecule has 3 nitrogen and oxygen atoms in total. The first-order valence-corrected chi connectivity index (χ1v) is 6.88. The van der Waals surface area contributed by atoms with Gasteiger partial charge in [0, 0.05) is 44.0 Å². The van der Waals surface area contributed by atoms with Crippen molar-refractivity contribution in [3.8, 4) is 0 Å². The number of hydrogen-bond donors (Lipinski definition) is 1. The lowest BCUT2D eigenvalue weighted by Gasteiger charge is -2.53.